The van der Waals surface area contributed by atoms with Crippen LogP contribution in [0.3, 0.4) is 0 Å². The number of fused-ring (bicyclic) bond motifs is 1. The molecule has 0 aliphatic carbocycles. The molecular formula is C26H24N4O2S. The number of primary sulfonamides is 1. The predicted octanol–water partition coefficient (Wildman–Crippen LogP) is 4.30. The third-order valence-corrected chi connectivity index (χ3v) is 6.95. The number of nitrogens with two attached hydrogens (primary N) is 2. The van der Waals surface area contributed by atoms with Gasteiger partial charge in [0, 0.05) is 13.0 Å². The second kappa shape index (κ2) is 8.44. The first kappa shape index (κ1) is 21.3. The van der Waals surface area contributed by atoms with Crippen molar-refractivity contribution in [2.45, 2.75) is 23.9 Å². The average Bonchev–Trinajstić information content (AvgIpc) is 3.28. The molecule has 1 unspecified atom stereocenters. The molecule has 1 aliphatic heterocycles. The summed E-state index contributed by atoms with van der Waals surface area (Å²) in [6.07, 6.45) is 0.707. The molecular weight excluding hydrogens is 432 g/mol. The van der Waals surface area contributed by atoms with Gasteiger partial charge < -0.3 is 5.73 Å². The molecule has 0 bridgehead atoms. The quantitative estimate of drug-likeness (QED) is 0.467. The molecule has 1 aliphatic rings. The van der Waals surface area contributed by atoms with Crippen LogP contribution in [0.4, 0.5) is 5.69 Å². The Kier molecular flexibility index (Phi) is 5.46. The molecule has 7 heteroatoms. The molecule has 166 valence electrons. The van der Waals surface area contributed by atoms with Gasteiger partial charge in [0.15, 0.2) is 0 Å². The largest absolute Gasteiger partial charge is 0.326 e. The van der Waals surface area contributed by atoms with Gasteiger partial charge >= 0.3 is 0 Å². The maximum Gasteiger partial charge on any atom is 0.238 e. The van der Waals surface area contributed by atoms with Crippen LogP contribution < -0.4 is 15.9 Å². The Labute approximate surface area is 193 Å². The van der Waals surface area contributed by atoms with Crippen molar-refractivity contribution in [2.24, 2.45) is 16.0 Å². The number of hydrogen-bond acceptors (Lipinski definition) is 5. The Hall–Kier alpha value is -3.52. The van der Waals surface area contributed by atoms with Crippen LogP contribution in [0.2, 0.25) is 0 Å². The van der Waals surface area contributed by atoms with Gasteiger partial charge in [0.05, 0.1) is 22.3 Å². The lowest BCUT2D eigenvalue weighted by molar-refractivity contribution is 0.598. The highest BCUT2D eigenvalue weighted by Crippen LogP contribution is 2.39. The highest BCUT2D eigenvalue weighted by molar-refractivity contribution is 7.89. The van der Waals surface area contributed by atoms with E-state index < -0.39 is 10.0 Å². The number of sulfonamides is 1. The Morgan fingerprint density at radius 2 is 1.64 bits per heavy atom. The Morgan fingerprint density at radius 1 is 0.909 bits per heavy atom. The van der Waals surface area contributed by atoms with Crippen LogP contribution in [0.5, 0.6) is 0 Å². The molecule has 1 atom stereocenters. The standard InChI is InChI=1S/C26H24N4O2S/c27-17-18-5-3-8-20(15-18)25-16-26(24-10-4-7-19-6-1-2-9-23(19)24)30(29-25)21-11-13-22(14-12-21)33(28,31)32/h1-15,26H,16-17,27H2,(H2,28,31,32). The number of anilines is 1. The third kappa shape index (κ3) is 4.14. The fraction of sp³-hybridized carbons (Fsp3) is 0.115. The van der Waals surface area contributed by atoms with E-state index in [1.165, 1.54) is 17.5 Å². The molecule has 5 rings (SSSR count). The Bertz CT molecular complexity index is 1460. The van der Waals surface area contributed by atoms with Crippen molar-refractivity contribution in [3.05, 3.63) is 108 Å². The summed E-state index contributed by atoms with van der Waals surface area (Å²) < 4.78 is 23.4. The number of hydrogen-bond donors (Lipinski definition) is 2. The number of benzene rings is 4. The normalized spacial score (nSPS) is 16.2. The van der Waals surface area contributed by atoms with E-state index in [0.29, 0.717) is 13.0 Å². The van der Waals surface area contributed by atoms with Crippen molar-refractivity contribution in [1.29, 1.82) is 0 Å². The maximum absolute atomic E-state index is 11.7. The highest BCUT2D eigenvalue weighted by Gasteiger charge is 2.31. The van der Waals surface area contributed by atoms with E-state index in [1.807, 2.05) is 35.3 Å². The van der Waals surface area contributed by atoms with Crippen molar-refractivity contribution in [1.82, 2.24) is 0 Å². The lowest BCUT2D eigenvalue weighted by atomic mass is 9.93. The molecule has 4 aromatic carbocycles. The summed E-state index contributed by atoms with van der Waals surface area (Å²) in [5, 5.41) is 14.6. The van der Waals surface area contributed by atoms with E-state index in [9.17, 15) is 8.42 Å². The summed E-state index contributed by atoms with van der Waals surface area (Å²) in [6, 6.07) is 29.2. The number of rotatable bonds is 5. The minimum absolute atomic E-state index is 0.0482. The van der Waals surface area contributed by atoms with Crippen molar-refractivity contribution in [3.8, 4) is 0 Å². The summed E-state index contributed by atoms with van der Waals surface area (Å²) in [5.74, 6) is 0. The van der Waals surface area contributed by atoms with E-state index in [1.54, 1.807) is 12.1 Å². The van der Waals surface area contributed by atoms with Crippen LogP contribution in [0.15, 0.2) is 101 Å². The van der Waals surface area contributed by atoms with Crippen LogP contribution in [-0.2, 0) is 16.6 Å². The van der Waals surface area contributed by atoms with Crippen LogP contribution in [-0.4, -0.2) is 14.1 Å². The van der Waals surface area contributed by atoms with Crippen LogP contribution in [0, 0.1) is 0 Å². The first-order chi connectivity index (χ1) is 15.9. The molecule has 6 nitrogen and oxygen atoms in total. The molecule has 4 N–H and O–H groups in total. The number of nitrogens with zero attached hydrogens (tertiary/aromatic N) is 2. The summed E-state index contributed by atoms with van der Waals surface area (Å²) in [7, 11) is -3.77. The first-order valence-corrected chi connectivity index (χ1v) is 12.3. The minimum Gasteiger partial charge on any atom is -0.326 e. The molecule has 33 heavy (non-hydrogen) atoms. The first-order valence-electron chi connectivity index (χ1n) is 10.7. The van der Waals surface area contributed by atoms with Gasteiger partial charge in [0.25, 0.3) is 0 Å². The van der Waals surface area contributed by atoms with E-state index in [4.69, 9.17) is 16.0 Å². The summed E-state index contributed by atoms with van der Waals surface area (Å²) in [5.41, 5.74) is 10.9. The van der Waals surface area contributed by atoms with Crippen LogP contribution in [0.1, 0.15) is 29.2 Å². The SMILES string of the molecule is NCc1cccc(C2=NN(c3ccc(S(N)(=O)=O)cc3)C(c3cccc4ccccc34)C2)c1. The number of hydrazone groups is 1. The molecule has 0 radical (unpaired) electrons. The smallest absolute Gasteiger partial charge is 0.238 e. The molecule has 0 aromatic heterocycles. The van der Waals surface area contributed by atoms with E-state index in [-0.39, 0.29) is 10.9 Å². The Morgan fingerprint density at radius 3 is 2.39 bits per heavy atom. The lowest BCUT2D eigenvalue weighted by Gasteiger charge is -2.25. The second-order valence-electron chi connectivity index (χ2n) is 8.12. The molecule has 0 fully saturated rings. The van der Waals surface area contributed by atoms with Crippen molar-refractivity contribution in [3.63, 3.8) is 0 Å². The zero-order valence-electron chi connectivity index (χ0n) is 17.9. The highest BCUT2D eigenvalue weighted by atomic mass is 32.2. The monoisotopic (exact) mass is 456 g/mol. The van der Waals surface area contributed by atoms with E-state index in [0.717, 1.165) is 33.5 Å². The summed E-state index contributed by atoms with van der Waals surface area (Å²) in [6.45, 7) is 0.465. The van der Waals surface area contributed by atoms with E-state index in [2.05, 4.69) is 36.4 Å². The van der Waals surface area contributed by atoms with Gasteiger partial charge in [0.1, 0.15) is 0 Å². The molecule has 1 heterocycles. The molecule has 0 saturated heterocycles. The fourth-order valence-corrected chi connectivity index (χ4v) is 4.89. The zero-order chi connectivity index (χ0) is 23.0. The maximum atomic E-state index is 11.7. The zero-order valence-corrected chi connectivity index (χ0v) is 18.7. The topological polar surface area (TPSA) is 102 Å². The lowest BCUT2D eigenvalue weighted by Crippen LogP contribution is -2.19. The van der Waals surface area contributed by atoms with Gasteiger partial charge in [-0.15, -0.1) is 0 Å². The predicted molar refractivity (Wildman–Crippen MR) is 132 cm³/mol. The fourth-order valence-electron chi connectivity index (χ4n) is 4.37. The second-order valence-corrected chi connectivity index (χ2v) is 9.68. The van der Waals surface area contributed by atoms with Crippen LogP contribution in [0.25, 0.3) is 10.8 Å². The summed E-state index contributed by atoms with van der Waals surface area (Å²) in [4.78, 5) is 0.0759. The van der Waals surface area contributed by atoms with Gasteiger partial charge in [-0.3, -0.25) is 5.01 Å². The van der Waals surface area contributed by atoms with Crippen LogP contribution >= 0.6 is 0 Å². The molecule has 0 saturated carbocycles. The van der Waals surface area contributed by atoms with Gasteiger partial charge in [0.2, 0.25) is 10.0 Å². The van der Waals surface area contributed by atoms with Crippen molar-refractivity contribution < 1.29 is 8.42 Å². The summed E-state index contributed by atoms with van der Waals surface area (Å²) >= 11 is 0. The average molecular weight is 457 g/mol. The van der Waals surface area contributed by atoms with Crippen molar-refractivity contribution in [2.75, 3.05) is 5.01 Å². The molecule has 0 amide bonds. The van der Waals surface area contributed by atoms with Gasteiger partial charge in [-0.2, -0.15) is 5.10 Å². The molecule has 4 aromatic rings. The molecule has 0 spiro atoms. The van der Waals surface area contributed by atoms with Crippen molar-refractivity contribution >= 4 is 32.2 Å². The minimum atomic E-state index is -3.77. The van der Waals surface area contributed by atoms with Gasteiger partial charge in [-0.1, -0.05) is 60.7 Å². The third-order valence-electron chi connectivity index (χ3n) is 6.02. The van der Waals surface area contributed by atoms with Gasteiger partial charge in [-0.05, 0) is 57.8 Å². The Balaban J connectivity index is 1.62. The van der Waals surface area contributed by atoms with Gasteiger partial charge in [-0.25, -0.2) is 13.6 Å². The van der Waals surface area contributed by atoms with E-state index >= 15 is 0 Å².